The highest BCUT2D eigenvalue weighted by Crippen LogP contribution is 2.37. The summed E-state index contributed by atoms with van der Waals surface area (Å²) >= 11 is 8.30. The highest BCUT2D eigenvalue weighted by atomic mass is 32.2. The summed E-state index contributed by atoms with van der Waals surface area (Å²) in [7, 11) is 0. The third-order valence-corrected chi connectivity index (χ3v) is 6.35. The van der Waals surface area contributed by atoms with Crippen LogP contribution in [0.25, 0.3) is 17.4 Å². The molecule has 1 fully saturated rings. The zero-order valence-corrected chi connectivity index (χ0v) is 17.7. The van der Waals surface area contributed by atoms with Crippen LogP contribution in [0.3, 0.4) is 0 Å². The molecule has 2 heterocycles. The molecule has 0 N–H and O–H groups in total. The summed E-state index contributed by atoms with van der Waals surface area (Å²) in [5.74, 6) is 0.941. The van der Waals surface area contributed by atoms with Gasteiger partial charge in [0.1, 0.15) is 11.5 Å². The molecule has 7 heteroatoms. The standard InChI is InChI=1S/C22H14N2O2S3/c1-28-17-7-4-6-15(11-17)24-21(25)20(29-22(24)27)12-16-9-10-19(26-16)18-8-3-2-5-14(18)13-23/h2-12H,1H3/b20-12+. The number of thioether (sulfide) groups is 2. The zero-order chi connectivity index (χ0) is 20.4. The first-order chi connectivity index (χ1) is 14.1. The number of amides is 1. The van der Waals surface area contributed by atoms with Crippen LogP contribution < -0.4 is 4.90 Å². The molecule has 0 radical (unpaired) electrons. The van der Waals surface area contributed by atoms with E-state index >= 15 is 0 Å². The number of carbonyl (C=O) groups is 1. The van der Waals surface area contributed by atoms with Crippen LogP contribution in [-0.2, 0) is 4.79 Å². The first-order valence-corrected chi connectivity index (χ1v) is 11.1. The number of thiocarbonyl (C=S) groups is 1. The largest absolute Gasteiger partial charge is 0.457 e. The van der Waals surface area contributed by atoms with Crippen LogP contribution in [0.4, 0.5) is 5.69 Å². The summed E-state index contributed by atoms with van der Waals surface area (Å²) in [6, 6.07) is 20.7. The van der Waals surface area contributed by atoms with Crippen LogP contribution in [0.5, 0.6) is 0 Å². The Kier molecular flexibility index (Phi) is 5.58. The van der Waals surface area contributed by atoms with Crippen molar-refractivity contribution in [2.24, 2.45) is 0 Å². The monoisotopic (exact) mass is 434 g/mol. The van der Waals surface area contributed by atoms with Crippen molar-refractivity contribution in [2.75, 3.05) is 11.2 Å². The minimum atomic E-state index is -0.173. The van der Waals surface area contributed by atoms with E-state index in [0.29, 0.717) is 26.3 Å². The first-order valence-electron chi connectivity index (χ1n) is 8.62. The number of hydrogen-bond donors (Lipinski definition) is 0. The van der Waals surface area contributed by atoms with Gasteiger partial charge in [-0.1, -0.05) is 42.2 Å². The number of nitriles is 1. The van der Waals surface area contributed by atoms with Gasteiger partial charge in [-0.25, -0.2) is 0 Å². The number of anilines is 1. The zero-order valence-electron chi connectivity index (χ0n) is 15.3. The molecule has 4 rings (SSSR count). The third-order valence-electron chi connectivity index (χ3n) is 4.32. The van der Waals surface area contributed by atoms with Crippen molar-refractivity contribution in [3.8, 4) is 17.4 Å². The molecule has 1 aromatic heterocycles. The van der Waals surface area contributed by atoms with Crippen molar-refractivity contribution in [1.82, 2.24) is 0 Å². The lowest BCUT2D eigenvalue weighted by Crippen LogP contribution is -2.27. The van der Waals surface area contributed by atoms with Crippen LogP contribution in [-0.4, -0.2) is 16.5 Å². The van der Waals surface area contributed by atoms with E-state index in [-0.39, 0.29) is 5.91 Å². The van der Waals surface area contributed by atoms with E-state index in [4.69, 9.17) is 16.6 Å². The highest BCUT2D eigenvalue weighted by molar-refractivity contribution is 8.27. The Balaban J connectivity index is 1.63. The maximum atomic E-state index is 13.0. The molecule has 1 amide bonds. The number of rotatable bonds is 4. The molecule has 29 heavy (non-hydrogen) atoms. The number of carbonyl (C=O) groups excluding carboxylic acids is 1. The third kappa shape index (κ3) is 3.87. The maximum absolute atomic E-state index is 13.0. The predicted octanol–water partition coefficient (Wildman–Crippen LogP) is 5.95. The second-order valence-electron chi connectivity index (χ2n) is 6.08. The molecule has 0 spiro atoms. The van der Waals surface area contributed by atoms with Gasteiger partial charge in [0, 0.05) is 16.5 Å². The molecule has 1 aliphatic rings. The summed E-state index contributed by atoms with van der Waals surface area (Å²) in [6.07, 6.45) is 3.68. The molecule has 2 aromatic carbocycles. The Morgan fingerprint density at radius 1 is 1.17 bits per heavy atom. The van der Waals surface area contributed by atoms with Crippen LogP contribution in [0.15, 0.2) is 74.9 Å². The van der Waals surface area contributed by atoms with Gasteiger partial charge in [0.15, 0.2) is 4.32 Å². The molecule has 0 bridgehead atoms. The van der Waals surface area contributed by atoms with Crippen molar-refractivity contribution < 1.29 is 9.21 Å². The molecule has 4 nitrogen and oxygen atoms in total. The molecule has 142 valence electrons. The summed E-state index contributed by atoms with van der Waals surface area (Å²) in [4.78, 5) is 16.1. The van der Waals surface area contributed by atoms with Crippen LogP contribution in [0.2, 0.25) is 0 Å². The fourth-order valence-electron chi connectivity index (χ4n) is 2.94. The lowest BCUT2D eigenvalue weighted by molar-refractivity contribution is -0.113. The Labute approximate surface area is 182 Å². The fourth-order valence-corrected chi connectivity index (χ4v) is 4.67. The summed E-state index contributed by atoms with van der Waals surface area (Å²) < 4.78 is 6.36. The van der Waals surface area contributed by atoms with Gasteiger partial charge in [-0.15, -0.1) is 11.8 Å². The molecule has 0 saturated carbocycles. The van der Waals surface area contributed by atoms with Crippen molar-refractivity contribution in [3.05, 3.63) is 76.9 Å². The second kappa shape index (κ2) is 8.29. The fraction of sp³-hybridized carbons (Fsp3) is 0.0455. The van der Waals surface area contributed by atoms with Crippen LogP contribution >= 0.6 is 35.7 Å². The minimum absolute atomic E-state index is 0.173. The van der Waals surface area contributed by atoms with Gasteiger partial charge in [-0.05, 0) is 48.7 Å². The highest BCUT2D eigenvalue weighted by Gasteiger charge is 2.33. The number of hydrogen-bond acceptors (Lipinski definition) is 6. The van der Waals surface area contributed by atoms with E-state index in [1.807, 2.05) is 48.7 Å². The quantitative estimate of drug-likeness (QED) is 0.287. The Bertz CT molecular complexity index is 1190. The SMILES string of the molecule is CSc1cccc(N2C(=O)/C(=C\c3ccc(-c4ccccc4C#N)o3)SC2=S)c1. The number of nitrogens with zero attached hydrogens (tertiary/aromatic N) is 2. The lowest BCUT2D eigenvalue weighted by atomic mass is 10.1. The smallest absolute Gasteiger partial charge is 0.270 e. The van der Waals surface area contributed by atoms with Crippen molar-refractivity contribution in [3.63, 3.8) is 0 Å². The van der Waals surface area contributed by atoms with Gasteiger partial charge in [0.05, 0.1) is 22.2 Å². The average Bonchev–Trinajstić information content (AvgIpc) is 3.32. The minimum Gasteiger partial charge on any atom is -0.457 e. The summed E-state index contributed by atoms with van der Waals surface area (Å²) in [5.41, 5.74) is 2.01. The predicted molar refractivity (Wildman–Crippen MR) is 123 cm³/mol. The number of furan rings is 1. The average molecular weight is 435 g/mol. The van der Waals surface area contributed by atoms with Gasteiger partial charge in [-0.3, -0.25) is 9.69 Å². The van der Waals surface area contributed by atoms with E-state index in [1.54, 1.807) is 40.9 Å². The van der Waals surface area contributed by atoms with Crippen LogP contribution in [0.1, 0.15) is 11.3 Å². The van der Waals surface area contributed by atoms with E-state index < -0.39 is 0 Å². The molecular formula is C22H14N2O2S3. The van der Waals surface area contributed by atoms with Crippen molar-refractivity contribution in [1.29, 1.82) is 5.26 Å². The number of benzene rings is 2. The Morgan fingerprint density at radius 2 is 2.00 bits per heavy atom. The molecule has 1 saturated heterocycles. The second-order valence-corrected chi connectivity index (χ2v) is 8.63. The van der Waals surface area contributed by atoms with E-state index in [9.17, 15) is 10.1 Å². The topological polar surface area (TPSA) is 57.2 Å². The molecule has 3 aromatic rings. The van der Waals surface area contributed by atoms with Crippen molar-refractivity contribution >= 4 is 57.7 Å². The molecule has 0 aliphatic carbocycles. The maximum Gasteiger partial charge on any atom is 0.270 e. The molecular weight excluding hydrogens is 420 g/mol. The Hall–Kier alpha value is -2.79. The van der Waals surface area contributed by atoms with E-state index in [0.717, 1.165) is 16.1 Å². The molecule has 1 aliphatic heterocycles. The Morgan fingerprint density at radius 3 is 2.79 bits per heavy atom. The summed E-state index contributed by atoms with van der Waals surface area (Å²) in [5, 5.41) is 9.28. The van der Waals surface area contributed by atoms with Gasteiger partial charge >= 0.3 is 0 Å². The molecule has 0 atom stereocenters. The first kappa shape index (κ1) is 19.5. The van der Waals surface area contributed by atoms with Gasteiger partial charge in [0.25, 0.3) is 5.91 Å². The van der Waals surface area contributed by atoms with Gasteiger partial charge < -0.3 is 4.42 Å². The lowest BCUT2D eigenvalue weighted by Gasteiger charge is -2.15. The summed E-state index contributed by atoms with van der Waals surface area (Å²) in [6.45, 7) is 0. The van der Waals surface area contributed by atoms with Gasteiger partial charge in [-0.2, -0.15) is 5.26 Å². The van der Waals surface area contributed by atoms with Crippen LogP contribution in [0, 0.1) is 11.3 Å². The van der Waals surface area contributed by atoms with Crippen molar-refractivity contribution in [2.45, 2.75) is 4.90 Å². The van der Waals surface area contributed by atoms with E-state index in [1.165, 1.54) is 11.8 Å². The van der Waals surface area contributed by atoms with E-state index in [2.05, 4.69) is 6.07 Å². The molecule has 0 unspecified atom stereocenters. The van der Waals surface area contributed by atoms with Gasteiger partial charge in [0.2, 0.25) is 0 Å². The normalized spacial score (nSPS) is 15.2.